The molecule has 1 aromatic carbocycles. The number of benzene rings is 1. The first-order chi connectivity index (χ1) is 9.78. The zero-order valence-corrected chi connectivity index (χ0v) is 14.0. The van der Waals surface area contributed by atoms with Crippen molar-refractivity contribution in [1.82, 2.24) is 4.90 Å². The zero-order chi connectivity index (χ0) is 13.9. The largest absolute Gasteiger partial charge is 0.369 e. The number of aryl methyl sites for hydroxylation is 1. The molecule has 0 amide bonds. The molecule has 0 unspecified atom stereocenters. The molecule has 1 aliphatic heterocycles. The average molecular weight is 337 g/mol. The Bertz CT molecular complexity index is 446. The summed E-state index contributed by atoms with van der Waals surface area (Å²) in [7, 11) is 0. The van der Waals surface area contributed by atoms with E-state index in [0.29, 0.717) is 0 Å². The van der Waals surface area contributed by atoms with Gasteiger partial charge in [0, 0.05) is 43.2 Å². The summed E-state index contributed by atoms with van der Waals surface area (Å²) in [6.45, 7) is 7.01. The number of hydrogen-bond acceptors (Lipinski definition) is 2. The van der Waals surface area contributed by atoms with Crippen LogP contribution in [0.2, 0.25) is 0 Å². The number of alkyl halides is 1. The Labute approximate surface area is 131 Å². The fraction of sp³-hybridized carbons (Fsp3) is 0.647. The molecule has 20 heavy (non-hydrogen) atoms. The number of anilines is 1. The first-order valence-electron chi connectivity index (χ1n) is 7.92. The Balaban J connectivity index is 1.65. The van der Waals surface area contributed by atoms with Gasteiger partial charge in [-0.05, 0) is 31.4 Å². The molecule has 0 atom stereocenters. The van der Waals surface area contributed by atoms with Crippen molar-refractivity contribution in [3.63, 3.8) is 0 Å². The molecule has 2 fully saturated rings. The van der Waals surface area contributed by atoms with Gasteiger partial charge in [-0.3, -0.25) is 4.90 Å². The SMILES string of the molecule is Cc1ccc(N2CCN(C3CCCC3)CC2)c(CBr)c1. The number of rotatable bonds is 3. The molecule has 1 saturated heterocycles. The number of piperazine rings is 1. The standard InChI is InChI=1S/C17H25BrN2/c1-14-6-7-17(15(12-14)13-18)20-10-8-19(9-11-20)16-4-2-3-5-16/h6-7,12,16H,2-5,8-11,13H2,1H3. The Morgan fingerprint density at radius 1 is 1.10 bits per heavy atom. The van der Waals surface area contributed by atoms with Gasteiger partial charge < -0.3 is 4.90 Å². The fourth-order valence-corrected chi connectivity index (χ4v) is 4.18. The molecule has 0 N–H and O–H groups in total. The van der Waals surface area contributed by atoms with Crippen molar-refractivity contribution >= 4 is 21.6 Å². The maximum Gasteiger partial charge on any atom is 0.0408 e. The Hall–Kier alpha value is -0.540. The van der Waals surface area contributed by atoms with Gasteiger partial charge in [-0.1, -0.05) is 46.5 Å². The molecule has 0 bridgehead atoms. The van der Waals surface area contributed by atoms with Gasteiger partial charge in [0.25, 0.3) is 0 Å². The van der Waals surface area contributed by atoms with Crippen LogP contribution in [0.3, 0.4) is 0 Å². The Kier molecular flexibility index (Phi) is 4.67. The summed E-state index contributed by atoms with van der Waals surface area (Å²) < 4.78 is 0. The molecule has 0 radical (unpaired) electrons. The van der Waals surface area contributed by atoms with E-state index in [-0.39, 0.29) is 0 Å². The first-order valence-corrected chi connectivity index (χ1v) is 9.04. The molecule has 2 nitrogen and oxygen atoms in total. The topological polar surface area (TPSA) is 6.48 Å². The van der Waals surface area contributed by atoms with Gasteiger partial charge in [-0.15, -0.1) is 0 Å². The van der Waals surface area contributed by atoms with E-state index in [4.69, 9.17) is 0 Å². The van der Waals surface area contributed by atoms with Gasteiger partial charge in [0.15, 0.2) is 0 Å². The smallest absolute Gasteiger partial charge is 0.0408 e. The summed E-state index contributed by atoms with van der Waals surface area (Å²) in [5.74, 6) is 0. The average Bonchev–Trinajstić information content (AvgIpc) is 3.01. The number of hydrogen-bond donors (Lipinski definition) is 0. The van der Waals surface area contributed by atoms with Gasteiger partial charge >= 0.3 is 0 Å². The van der Waals surface area contributed by atoms with Gasteiger partial charge in [0.2, 0.25) is 0 Å². The monoisotopic (exact) mass is 336 g/mol. The summed E-state index contributed by atoms with van der Waals surface area (Å²) in [4.78, 5) is 5.30. The maximum atomic E-state index is 3.64. The molecule has 3 rings (SSSR count). The van der Waals surface area contributed by atoms with Gasteiger partial charge in [-0.25, -0.2) is 0 Å². The summed E-state index contributed by atoms with van der Waals surface area (Å²) in [5.41, 5.74) is 4.21. The van der Waals surface area contributed by atoms with Crippen molar-refractivity contribution in [2.75, 3.05) is 31.1 Å². The second-order valence-electron chi connectivity index (χ2n) is 6.23. The quantitative estimate of drug-likeness (QED) is 0.771. The van der Waals surface area contributed by atoms with Crippen LogP contribution in [0.25, 0.3) is 0 Å². The van der Waals surface area contributed by atoms with E-state index >= 15 is 0 Å². The van der Waals surface area contributed by atoms with Crippen LogP contribution >= 0.6 is 15.9 Å². The van der Waals surface area contributed by atoms with Crippen LogP contribution in [0.1, 0.15) is 36.8 Å². The molecule has 110 valence electrons. The van der Waals surface area contributed by atoms with E-state index in [1.54, 1.807) is 0 Å². The van der Waals surface area contributed by atoms with E-state index in [2.05, 4.69) is 50.9 Å². The van der Waals surface area contributed by atoms with E-state index in [1.807, 2.05) is 0 Å². The molecular weight excluding hydrogens is 312 g/mol. The molecule has 1 aliphatic carbocycles. The van der Waals surface area contributed by atoms with Crippen molar-refractivity contribution in [2.24, 2.45) is 0 Å². The van der Waals surface area contributed by atoms with Gasteiger partial charge in [0.05, 0.1) is 0 Å². The summed E-state index contributed by atoms with van der Waals surface area (Å²) >= 11 is 3.64. The minimum absolute atomic E-state index is 0.880. The molecule has 2 aliphatic rings. The first kappa shape index (κ1) is 14.4. The van der Waals surface area contributed by atoms with Crippen molar-refractivity contribution in [3.05, 3.63) is 29.3 Å². The van der Waals surface area contributed by atoms with Crippen LogP contribution in [-0.2, 0) is 5.33 Å². The lowest BCUT2D eigenvalue weighted by Crippen LogP contribution is -2.49. The van der Waals surface area contributed by atoms with E-state index in [1.165, 1.54) is 68.7 Å². The van der Waals surface area contributed by atoms with Crippen LogP contribution in [0.5, 0.6) is 0 Å². The lowest BCUT2D eigenvalue weighted by atomic mass is 10.1. The highest BCUT2D eigenvalue weighted by molar-refractivity contribution is 9.08. The van der Waals surface area contributed by atoms with Gasteiger partial charge in [-0.2, -0.15) is 0 Å². The fourth-order valence-electron chi connectivity index (χ4n) is 3.73. The van der Waals surface area contributed by atoms with Crippen LogP contribution < -0.4 is 4.90 Å². The van der Waals surface area contributed by atoms with Gasteiger partial charge in [0.1, 0.15) is 0 Å². The predicted octanol–water partition coefficient (Wildman–Crippen LogP) is 3.95. The number of halogens is 1. The molecule has 1 saturated carbocycles. The minimum Gasteiger partial charge on any atom is -0.369 e. The lowest BCUT2D eigenvalue weighted by molar-refractivity contribution is 0.187. The summed E-state index contributed by atoms with van der Waals surface area (Å²) in [6, 6.07) is 7.74. The highest BCUT2D eigenvalue weighted by Crippen LogP contribution is 2.28. The van der Waals surface area contributed by atoms with E-state index in [0.717, 1.165) is 11.4 Å². The predicted molar refractivity (Wildman–Crippen MR) is 89.9 cm³/mol. The van der Waals surface area contributed by atoms with Crippen LogP contribution in [0.15, 0.2) is 18.2 Å². The third kappa shape index (κ3) is 3.04. The second-order valence-corrected chi connectivity index (χ2v) is 6.79. The Morgan fingerprint density at radius 2 is 1.80 bits per heavy atom. The zero-order valence-electron chi connectivity index (χ0n) is 12.4. The molecule has 1 aromatic rings. The van der Waals surface area contributed by atoms with Crippen LogP contribution in [0, 0.1) is 6.92 Å². The Morgan fingerprint density at radius 3 is 2.45 bits per heavy atom. The summed E-state index contributed by atoms with van der Waals surface area (Å²) in [5, 5.41) is 0.951. The third-order valence-corrected chi connectivity index (χ3v) is 5.48. The third-order valence-electron chi connectivity index (χ3n) is 4.88. The number of nitrogens with zero attached hydrogens (tertiary/aromatic N) is 2. The molecule has 3 heteroatoms. The highest BCUT2D eigenvalue weighted by Gasteiger charge is 2.26. The van der Waals surface area contributed by atoms with Crippen LogP contribution in [0.4, 0.5) is 5.69 Å². The normalized spacial score (nSPS) is 21.6. The van der Waals surface area contributed by atoms with Crippen molar-refractivity contribution in [1.29, 1.82) is 0 Å². The second kappa shape index (κ2) is 6.48. The van der Waals surface area contributed by atoms with Crippen LogP contribution in [-0.4, -0.2) is 37.1 Å². The summed E-state index contributed by atoms with van der Waals surface area (Å²) in [6.07, 6.45) is 5.74. The van der Waals surface area contributed by atoms with E-state index < -0.39 is 0 Å². The molecule has 1 heterocycles. The van der Waals surface area contributed by atoms with Crippen molar-refractivity contribution in [3.8, 4) is 0 Å². The molecule has 0 aromatic heterocycles. The van der Waals surface area contributed by atoms with Crippen molar-refractivity contribution < 1.29 is 0 Å². The van der Waals surface area contributed by atoms with Crippen molar-refractivity contribution in [2.45, 2.75) is 44.0 Å². The minimum atomic E-state index is 0.880. The van der Waals surface area contributed by atoms with E-state index in [9.17, 15) is 0 Å². The highest BCUT2D eigenvalue weighted by atomic mass is 79.9. The lowest BCUT2D eigenvalue weighted by Gasteiger charge is -2.39. The molecular formula is C17H25BrN2. The molecule has 0 spiro atoms. The maximum absolute atomic E-state index is 3.64.